The van der Waals surface area contributed by atoms with E-state index in [1.54, 1.807) is 0 Å². The fraction of sp³-hybridized carbons (Fsp3) is 0.0625. The summed E-state index contributed by atoms with van der Waals surface area (Å²) in [5.74, 6) is -0.281. The fourth-order valence-corrected chi connectivity index (χ4v) is 2.09. The Morgan fingerprint density at radius 2 is 1.75 bits per heavy atom. The molecule has 1 N–H and O–H groups in total. The summed E-state index contributed by atoms with van der Waals surface area (Å²) in [4.78, 5) is 22.3. The van der Waals surface area contributed by atoms with Crippen LogP contribution >= 0.6 is 0 Å². The molecule has 0 radical (unpaired) electrons. The van der Waals surface area contributed by atoms with Gasteiger partial charge in [0.05, 0.1) is 4.92 Å². The van der Waals surface area contributed by atoms with Gasteiger partial charge >= 0.3 is 0 Å². The highest BCUT2D eigenvalue weighted by atomic mass is 16.6. The first-order valence-electron chi connectivity index (χ1n) is 7.00. The highest BCUT2D eigenvalue weighted by molar-refractivity contribution is 6.05. The molecule has 0 spiro atoms. The zero-order valence-electron chi connectivity index (χ0n) is 12.6. The topological polar surface area (TPSA) is 111 Å². The van der Waals surface area contributed by atoms with Gasteiger partial charge in [0.15, 0.2) is 5.69 Å². The van der Waals surface area contributed by atoms with Crippen molar-refractivity contribution in [1.82, 2.24) is 10.3 Å². The number of nitro benzene ring substituents is 1. The van der Waals surface area contributed by atoms with Crippen molar-refractivity contribution in [3.05, 3.63) is 69.8 Å². The number of nitrogens with zero attached hydrogens (tertiary/aromatic N) is 3. The Bertz CT molecular complexity index is 885. The van der Waals surface area contributed by atoms with Gasteiger partial charge in [-0.3, -0.25) is 14.9 Å². The minimum absolute atomic E-state index is 0.0880. The molecule has 2 aromatic carbocycles. The molecule has 0 aliphatic rings. The number of benzene rings is 2. The van der Waals surface area contributed by atoms with Crippen LogP contribution in [0.1, 0.15) is 15.9 Å². The third-order valence-corrected chi connectivity index (χ3v) is 3.39. The number of carbonyl (C=O) groups excluding carboxylic acids is 1. The van der Waals surface area contributed by atoms with Crippen LogP contribution in [0.15, 0.2) is 53.2 Å². The van der Waals surface area contributed by atoms with Crippen LogP contribution in [0, 0.1) is 17.0 Å². The Morgan fingerprint density at radius 1 is 1.08 bits per heavy atom. The van der Waals surface area contributed by atoms with Crippen LogP contribution in [-0.2, 0) is 0 Å². The molecule has 0 fully saturated rings. The van der Waals surface area contributed by atoms with Crippen LogP contribution in [0.5, 0.6) is 0 Å². The summed E-state index contributed by atoms with van der Waals surface area (Å²) in [5.41, 5.74) is 2.42. The van der Waals surface area contributed by atoms with Crippen molar-refractivity contribution in [2.75, 3.05) is 5.32 Å². The first kappa shape index (κ1) is 15.3. The van der Waals surface area contributed by atoms with E-state index in [1.807, 2.05) is 31.2 Å². The van der Waals surface area contributed by atoms with Crippen molar-refractivity contribution < 1.29 is 14.3 Å². The number of hydrogen-bond acceptors (Lipinski definition) is 6. The van der Waals surface area contributed by atoms with E-state index in [0.29, 0.717) is 5.69 Å². The molecule has 24 heavy (non-hydrogen) atoms. The second-order valence-electron chi connectivity index (χ2n) is 5.09. The first-order valence-corrected chi connectivity index (χ1v) is 7.00. The summed E-state index contributed by atoms with van der Waals surface area (Å²) in [7, 11) is 0. The summed E-state index contributed by atoms with van der Waals surface area (Å²) in [6.45, 7) is 1.96. The van der Waals surface area contributed by atoms with E-state index in [1.165, 1.54) is 24.3 Å². The molecule has 1 aromatic heterocycles. The lowest BCUT2D eigenvalue weighted by Gasteiger charge is -2.03. The summed E-state index contributed by atoms with van der Waals surface area (Å²) >= 11 is 0. The van der Waals surface area contributed by atoms with Gasteiger partial charge in [0.25, 0.3) is 11.6 Å². The molecule has 1 heterocycles. The van der Waals surface area contributed by atoms with E-state index in [0.717, 1.165) is 11.1 Å². The predicted octanol–water partition coefficient (Wildman–Crippen LogP) is 3.21. The molecule has 3 rings (SSSR count). The van der Waals surface area contributed by atoms with Gasteiger partial charge in [-0.05, 0) is 29.4 Å². The van der Waals surface area contributed by atoms with E-state index in [-0.39, 0.29) is 17.1 Å². The number of aromatic nitrogens is 2. The molecule has 0 atom stereocenters. The number of rotatable bonds is 4. The highest BCUT2D eigenvalue weighted by Crippen LogP contribution is 2.25. The predicted molar refractivity (Wildman–Crippen MR) is 85.5 cm³/mol. The standard InChI is InChI=1S/C16H12N4O4/c1-10-2-4-11(5-3-10)14-15(19-24-18-14)17-16(21)12-6-8-13(9-7-12)20(22)23/h2-9H,1H3,(H,17,19,21). The molecule has 8 heteroatoms. The minimum atomic E-state index is -0.529. The van der Waals surface area contributed by atoms with E-state index in [4.69, 9.17) is 4.63 Å². The normalized spacial score (nSPS) is 10.4. The average Bonchev–Trinajstić information content (AvgIpc) is 3.03. The number of nitrogens with one attached hydrogen (secondary N) is 1. The maximum atomic E-state index is 12.2. The quantitative estimate of drug-likeness (QED) is 0.582. The number of amides is 1. The molecule has 0 aliphatic heterocycles. The van der Waals surface area contributed by atoms with Crippen LogP contribution in [0.25, 0.3) is 11.3 Å². The molecule has 0 aliphatic carbocycles. The lowest BCUT2D eigenvalue weighted by Crippen LogP contribution is -2.12. The maximum Gasteiger partial charge on any atom is 0.269 e. The average molecular weight is 324 g/mol. The maximum absolute atomic E-state index is 12.2. The summed E-state index contributed by atoms with van der Waals surface area (Å²) in [5, 5.41) is 20.7. The molecule has 0 saturated heterocycles. The third kappa shape index (κ3) is 3.12. The molecule has 3 aromatic rings. The summed E-state index contributed by atoms with van der Waals surface area (Å²) in [6.07, 6.45) is 0. The molecular formula is C16H12N4O4. The van der Waals surface area contributed by atoms with E-state index < -0.39 is 10.8 Å². The Kier molecular flexibility index (Phi) is 4.02. The van der Waals surface area contributed by atoms with Crippen molar-refractivity contribution >= 4 is 17.4 Å². The monoisotopic (exact) mass is 324 g/mol. The Balaban J connectivity index is 1.81. The second-order valence-corrected chi connectivity index (χ2v) is 5.09. The molecule has 0 unspecified atom stereocenters. The molecule has 0 bridgehead atoms. The highest BCUT2D eigenvalue weighted by Gasteiger charge is 2.16. The second kappa shape index (κ2) is 6.29. The van der Waals surface area contributed by atoms with Crippen LogP contribution < -0.4 is 5.32 Å². The fourth-order valence-electron chi connectivity index (χ4n) is 2.09. The van der Waals surface area contributed by atoms with Gasteiger partial charge in [-0.2, -0.15) is 0 Å². The number of aryl methyl sites for hydroxylation is 1. The largest absolute Gasteiger partial charge is 0.302 e. The molecule has 120 valence electrons. The van der Waals surface area contributed by atoms with Crippen molar-refractivity contribution in [2.24, 2.45) is 0 Å². The zero-order chi connectivity index (χ0) is 17.1. The van der Waals surface area contributed by atoms with Gasteiger partial charge in [0.2, 0.25) is 5.82 Å². The number of carbonyl (C=O) groups is 1. The summed E-state index contributed by atoms with van der Waals surface area (Å²) in [6, 6.07) is 12.8. The van der Waals surface area contributed by atoms with Crippen LogP contribution in [0.4, 0.5) is 11.5 Å². The Hall–Kier alpha value is -3.55. The summed E-state index contributed by atoms with van der Waals surface area (Å²) < 4.78 is 4.71. The molecular weight excluding hydrogens is 312 g/mol. The molecule has 1 amide bonds. The van der Waals surface area contributed by atoms with Crippen molar-refractivity contribution in [2.45, 2.75) is 6.92 Å². The Morgan fingerprint density at radius 3 is 2.38 bits per heavy atom. The SMILES string of the molecule is Cc1ccc(-c2nonc2NC(=O)c2ccc([N+](=O)[O-])cc2)cc1. The van der Waals surface area contributed by atoms with Crippen LogP contribution in [0.2, 0.25) is 0 Å². The van der Waals surface area contributed by atoms with E-state index in [9.17, 15) is 14.9 Å². The lowest BCUT2D eigenvalue weighted by molar-refractivity contribution is -0.384. The zero-order valence-corrected chi connectivity index (χ0v) is 12.6. The lowest BCUT2D eigenvalue weighted by atomic mass is 10.1. The van der Waals surface area contributed by atoms with Gasteiger partial charge < -0.3 is 5.32 Å². The van der Waals surface area contributed by atoms with Crippen LogP contribution in [0.3, 0.4) is 0 Å². The number of anilines is 1. The van der Waals surface area contributed by atoms with Crippen molar-refractivity contribution in [3.63, 3.8) is 0 Å². The molecule has 0 saturated carbocycles. The first-order chi connectivity index (χ1) is 11.5. The van der Waals surface area contributed by atoms with Crippen LogP contribution in [-0.4, -0.2) is 21.1 Å². The number of nitro groups is 1. The number of hydrogen-bond donors (Lipinski definition) is 1. The van der Waals surface area contributed by atoms with Gasteiger partial charge in [0.1, 0.15) is 0 Å². The van der Waals surface area contributed by atoms with Gasteiger partial charge in [-0.25, -0.2) is 4.63 Å². The van der Waals surface area contributed by atoms with Crippen molar-refractivity contribution in [3.8, 4) is 11.3 Å². The van der Waals surface area contributed by atoms with Gasteiger partial charge in [0, 0.05) is 23.3 Å². The van der Waals surface area contributed by atoms with E-state index >= 15 is 0 Å². The number of non-ortho nitro benzene ring substituents is 1. The van der Waals surface area contributed by atoms with Crippen molar-refractivity contribution in [1.29, 1.82) is 0 Å². The van der Waals surface area contributed by atoms with E-state index in [2.05, 4.69) is 15.6 Å². The third-order valence-electron chi connectivity index (χ3n) is 3.39. The Labute approximate surface area is 136 Å². The molecule has 8 nitrogen and oxygen atoms in total. The smallest absolute Gasteiger partial charge is 0.269 e. The minimum Gasteiger partial charge on any atom is -0.302 e. The van der Waals surface area contributed by atoms with Gasteiger partial charge in [-0.15, -0.1) is 0 Å². The van der Waals surface area contributed by atoms with Gasteiger partial charge in [-0.1, -0.05) is 29.8 Å².